The standard InChI is InChI=1S/C8H18N4O2S/c9-11-7(13)3-1-5-15-6-2-4-8(14)12-10/h1-6,9-10H2,(H,11,13)(H,12,14). The van der Waals surface area contributed by atoms with Crippen molar-refractivity contribution in [3.05, 3.63) is 0 Å². The van der Waals surface area contributed by atoms with Gasteiger partial charge in [-0.25, -0.2) is 11.7 Å². The number of hydrogen-bond donors (Lipinski definition) is 4. The molecule has 0 atom stereocenters. The number of nitrogens with one attached hydrogen (secondary N) is 2. The molecule has 0 aliphatic heterocycles. The van der Waals surface area contributed by atoms with Gasteiger partial charge in [-0.2, -0.15) is 11.8 Å². The molecule has 0 aliphatic rings. The van der Waals surface area contributed by atoms with Crippen LogP contribution in [0.25, 0.3) is 0 Å². The normalized spacial score (nSPS) is 9.73. The van der Waals surface area contributed by atoms with E-state index in [4.69, 9.17) is 11.7 Å². The molecule has 88 valence electrons. The smallest absolute Gasteiger partial charge is 0.233 e. The van der Waals surface area contributed by atoms with Gasteiger partial charge in [-0.3, -0.25) is 20.4 Å². The van der Waals surface area contributed by atoms with Crippen molar-refractivity contribution in [3.8, 4) is 0 Å². The van der Waals surface area contributed by atoms with E-state index in [9.17, 15) is 9.59 Å². The molecule has 6 N–H and O–H groups in total. The number of rotatable bonds is 8. The molecule has 0 aromatic heterocycles. The second kappa shape index (κ2) is 9.75. The minimum Gasteiger partial charge on any atom is -0.294 e. The Morgan fingerprint density at radius 1 is 0.933 bits per heavy atom. The van der Waals surface area contributed by atoms with Crippen LogP contribution in [0.1, 0.15) is 25.7 Å². The van der Waals surface area contributed by atoms with Crippen LogP contribution in [0.15, 0.2) is 0 Å². The van der Waals surface area contributed by atoms with Gasteiger partial charge in [0.1, 0.15) is 0 Å². The third-order valence-electron chi connectivity index (χ3n) is 1.71. The topological polar surface area (TPSA) is 110 Å². The first-order valence-corrected chi connectivity index (χ1v) is 5.92. The highest BCUT2D eigenvalue weighted by atomic mass is 32.2. The summed E-state index contributed by atoms with van der Waals surface area (Å²) in [6.07, 6.45) is 2.51. The van der Waals surface area contributed by atoms with Crippen molar-refractivity contribution in [2.24, 2.45) is 11.7 Å². The van der Waals surface area contributed by atoms with E-state index in [0.29, 0.717) is 12.8 Å². The predicted molar refractivity (Wildman–Crippen MR) is 60.5 cm³/mol. The summed E-state index contributed by atoms with van der Waals surface area (Å²) >= 11 is 1.72. The molecule has 0 saturated heterocycles. The summed E-state index contributed by atoms with van der Waals surface area (Å²) < 4.78 is 0. The number of amides is 2. The second-order valence-corrected chi connectivity index (χ2v) is 4.18. The molecule has 0 spiro atoms. The van der Waals surface area contributed by atoms with E-state index in [1.807, 2.05) is 0 Å². The Labute approximate surface area is 93.5 Å². The van der Waals surface area contributed by atoms with E-state index >= 15 is 0 Å². The van der Waals surface area contributed by atoms with Gasteiger partial charge in [0.05, 0.1) is 0 Å². The van der Waals surface area contributed by atoms with Crippen LogP contribution in [-0.4, -0.2) is 23.3 Å². The fraction of sp³-hybridized carbons (Fsp3) is 0.750. The van der Waals surface area contributed by atoms with Gasteiger partial charge in [0.25, 0.3) is 0 Å². The van der Waals surface area contributed by atoms with Gasteiger partial charge in [0.2, 0.25) is 11.8 Å². The number of thioether (sulfide) groups is 1. The maximum absolute atomic E-state index is 10.7. The largest absolute Gasteiger partial charge is 0.294 e. The summed E-state index contributed by atoms with van der Waals surface area (Å²) in [5, 5.41) is 0. The molecule has 0 aromatic carbocycles. The molecule has 6 nitrogen and oxygen atoms in total. The van der Waals surface area contributed by atoms with Crippen molar-refractivity contribution in [2.45, 2.75) is 25.7 Å². The van der Waals surface area contributed by atoms with Crippen molar-refractivity contribution in [3.63, 3.8) is 0 Å². The predicted octanol–water partition coefficient (Wildman–Crippen LogP) is -0.740. The van der Waals surface area contributed by atoms with E-state index in [2.05, 4.69) is 10.9 Å². The van der Waals surface area contributed by atoms with Gasteiger partial charge in [-0.15, -0.1) is 0 Å². The van der Waals surface area contributed by atoms with Crippen LogP contribution in [0, 0.1) is 0 Å². The molecule has 0 heterocycles. The monoisotopic (exact) mass is 234 g/mol. The molecule has 0 rings (SSSR count). The third kappa shape index (κ3) is 9.51. The summed E-state index contributed by atoms with van der Waals surface area (Å²) in [6, 6.07) is 0. The Kier molecular flexibility index (Phi) is 9.24. The molecule has 0 unspecified atom stereocenters. The van der Waals surface area contributed by atoms with Crippen LogP contribution in [-0.2, 0) is 9.59 Å². The highest BCUT2D eigenvalue weighted by Crippen LogP contribution is 2.07. The Balaban J connectivity index is 3.11. The summed E-state index contributed by atoms with van der Waals surface area (Å²) in [5.41, 5.74) is 4.15. The SMILES string of the molecule is NNC(=O)CCCSCCCC(=O)NN. The quantitative estimate of drug-likeness (QED) is 0.191. The first kappa shape index (κ1) is 14.2. The first-order chi connectivity index (χ1) is 7.20. The summed E-state index contributed by atoms with van der Waals surface area (Å²) in [6.45, 7) is 0. The van der Waals surface area contributed by atoms with Gasteiger partial charge >= 0.3 is 0 Å². The molecular weight excluding hydrogens is 216 g/mol. The Morgan fingerprint density at radius 3 is 1.67 bits per heavy atom. The number of hydrogen-bond acceptors (Lipinski definition) is 5. The fourth-order valence-electron chi connectivity index (χ4n) is 0.916. The van der Waals surface area contributed by atoms with E-state index in [1.165, 1.54) is 0 Å². The van der Waals surface area contributed by atoms with E-state index in [1.54, 1.807) is 11.8 Å². The van der Waals surface area contributed by atoms with E-state index < -0.39 is 0 Å². The maximum atomic E-state index is 10.7. The molecule has 0 aliphatic carbocycles. The lowest BCUT2D eigenvalue weighted by Gasteiger charge is -2.01. The Bertz CT molecular complexity index is 181. The molecule has 15 heavy (non-hydrogen) atoms. The van der Waals surface area contributed by atoms with Gasteiger partial charge in [0.15, 0.2) is 0 Å². The van der Waals surface area contributed by atoms with E-state index in [0.717, 1.165) is 24.3 Å². The average molecular weight is 234 g/mol. The molecular formula is C8H18N4O2S. The van der Waals surface area contributed by atoms with Gasteiger partial charge in [-0.05, 0) is 24.3 Å². The van der Waals surface area contributed by atoms with Crippen LogP contribution < -0.4 is 22.5 Å². The molecule has 0 bridgehead atoms. The molecule has 7 heteroatoms. The second-order valence-electron chi connectivity index (χ2n) is 2.95. The van der Waals surface area contributed by atoms with Gasteiger partial charge in [0, 0.05) is 12.8 Å². The van der Waals surface area contributed by atoms with Crippen molar-refractivity contribution in [1.82, 2.24) is 10.9 Å². The zero-order valence-electron chi connectivity index (χ0n) is 8.62. The molecule has 2 amide bonds. The van der Waals surface area contributed by atoms with Crippen LogP contribution >= 0.6 is 11.8 Å². The van der Waals surface area contributed by atoms with Crippen molar-refractivity contribution >= 4 is 23.6 Å². The number of carbonyl (C=O) groups excluding carboxylic acids is 2. The van der Waals surface area contributed by atoms with Gasteiger partial charge < -0.3 is 0 Å². The third-order valence-corrected chi connectivity index (χ3v) is 2.86. The zero-order chi connectivity index (χ0) is 11.5. The van der Waals surface area contributed by atoms with E-state index in [-0.39, 0.29) is 11.8 Å². The summed E-state index contributed by atoms with van der Waals surface area (Å²) in [7, 11) is 0. The molecule has 0 saturated carbocycles. The maximum Gasteiger partial charge on any atom is 0.233 e. The van der Waals surface area contributed by atoms with Crippen LogP contribution in [0.2, 0.25) is 0 Å². The van der Waals surface area contributed by atoms with Crippen molar-refractivity contribution < 1.29 is 9.59 Å². The minimum atomic E-state index is -0.141. The van der Waals surface area contributed by atoms with Crippen LogP contribution in [0.4, 0.5) is 0 Å². The van der Waals surface area contributed by atoms with Crippen molar-refractivity contribution in [1.29, 1.82) is 0 Å². The lowest BCUT2D eigenvalue weighted by molar-refractivity contribution is -0.121. The number of carbonyl (C=O) groups is 2. The molecule has 0 fully saturated rings. The van der Waals surface area contributed by atoms with Crippen molar-refractivity contribution in [2.75, 3.05) is 11.5 Å². The van der Waals surface area contributed by atoms with Gasteiger partial charge in [-0.1, -0.05) is 0 Å². The minimum absolute atomic E-state index is 0.141. The highest BCUT2D eigenvalue weighted by molar-refractivity contribution is 7.99. The summed E-state index contributed by atoms with van der Waals surface area (Å²) in [5.74, 6) is 11.4. The van der Waals surface area contributed by atoms with Crippen LogP contribution in [0.3, 0.4) is 0 Å². The van der Waals surface area contributed by atoms with Crippen LogP contribution in [0.5, 0.6) is 0 Å². The fourth-order valence-corrected chi connectivity index (χ4v) is 1.82. The molecule has 0 radical (unpaired) electrons. The molecule has 0 aromatic rings. The Hall–Kier alpha value is -0.790. The summed E-state index contributed by atoms with van der Waals surface area (Å²) in [4.78, 5) is 21.4. The lowest BCUT2D eigenvalue weighted by atomic mass is 10.3. The average Bonchev–Trinajstić information content (AvgIpc) is 2.26. The number of hydrazine groups is 2. The lowest BCUT2D eigenvalue weighted by Crippen LogP contribution is -2.29. The first-order valence-electron chi connectivity index (χ1n) is 4.77. The number of nitrogens with two attached hydrogens (primary N) is 2. The Morgan fingerprint density at radius 2 is 1.33 bits per heavy atom. The zero-order valence-corrected chi connectivity index (χ0v) is 9.44. The highest BCUT2D eigenvalue weighted by Gasteiger charge is 1.99.